The van der Waals surface area contributed by atoms with Crippen LogP contribution in [0.1, 0.15) is 121 Å². The van der Waals surface area contributed by atoms with E-state index >= 15 is 0 Å². The number of hydrogen-bond acceptors (Lipinski definition) is 8. The molecule has 4 heterocycles. The van der Waals surface area contributed by atoms with Crippen LogP contribution in [0.15, 0.2) is 36.4 Å². The number of carboxylic acid groups (broad SMARTS) is 2. The van der Waals surface area contributed by atoms with Gasteiger partial charge in [0, 0.05) is 88.1 Å². The lowest BCUT2D eigenvalue weighted by molar-refractivity contribution is -0.150. The Bertz CT molecular complexity index is 2480. The number of carbonyl (C=O) groups is 4. The molecule has 2 aromatic carbocycles. The number of carboxylic acids is 2. The molecule has 0 saturated heterocycles. The van der Waals surface area contributed by atoms with E-state index in [0.717, 1.165) is 107 Å². The van der Waals surface area contributed by atoms with Crippen LogP contribution in [-0.2, 0) is 56.0 Å². The Kier molecular flexibility index (Phi) is 11.2. The molecule has 3 saturated carbocycles. The number of anilines is 1. The van der Waals surface area contributed by atoms with E-state index in [4.69, 9.17) is 33.2 Å². The van der Waals surface area contributed by atoms with Crippen LogP contribution in [0.4, 0.5) is 5.69 Å². The number of halogens is 2. The number of imidazole rings is 2. The van der Waals surface area contributed by atoms with E-state index in [1.807, 2.05) is 54.4 Å². The molecule has 0 radical (unpaired) electrons. The number of aliphatic carboxylic acids is 2. The number of fused-ring (bicyclic) bond motifs is 4. The summed E-state index contributed by atoms with van der Waals surface area (Å²) in [5.74, 6) is -1.19. The number of nitrogens with zero attached hydrogens (tertiary/aromatic N) is 6. The molecule has 3 fully saturated rings. The van der Waals surface area contributed by atoms with Gasteiger partial charge in [-0.15, -0.1) is 0 Å². The van der Waals surface area contributed by atoms with Crippen LogP contribution in [-0.4, -0.2) is 88.4 Å². The Morgan fingerprint density at radius 3 is 2.10 bits per heavy atom. The van der Waals surface area contributed by atoms with Gasteiger partial charge >= 0.3 is 11.9 Å². The predicted octanol–water partition coefficient (Wildman–Crippen LogP) is 7.98. The number of aromatic nitrogens is 4. The quantitative estimate of drug-likeness (QED) is 0.119. The molecule has 2 aliphatic heterocycles. The number of nitrogens with one attached hydrogen (secondary N) is 1. The van der Waals surface area contributed by atoms with Gasteiger partial charge in [-0.3, -0.25) is 29.0 Å². The van der Waals surface area contributed by atoms with Crippen molar-refractivity contribution in [2.24, 2.45) is 30.3 Å². The SMILES string of the molecule is Cn1c(C(=O)Cc2cccc(-c3cccc(NC(=O)c4nc5c(n4C)CCN(CCC46CCC(C(=O)O)(CC4)C6)C5)c3Cl)c2Cl)nc2c1CCN(C1CCC(C)(C(=O)O)CC1)C2. The number of ketones is 1. The van der Waals surface area contributed by atoms with E-state index in [1.54, 1.807) is 12.1 Å². The topological polar surface area (TPSA) is 163 Å². The lowest BCUT2D eigenvalue weighted by atomic mass is 9.73. The van der Waals surface area contributed by atoms with Gasteiger partial charge in [0.15, 0.2) is 11.6 Å². The van der Waals surface area contributed by atoms with Crippen molar-refractivity contribution in [3.8, 4) is 11.1 Å². The zero-order valence-electron chi connectivity index (χ0n) is 35.7. The minimum absolute atomic E-state index is 0.0398. The number of carbonyl (C=O) groups excluding carboxylic acids is 2. The molecule has 9 rings (SSSR count). The zero-order valence-corrected chi connectivity index (χ0v) is 37.2. The van der Waals surface area contributed by atoms with Crippen LogP contribution >= 0.6 is 23.2 Å². The van der Waals surface area contributed by atoms with E-state index in [2.05, 4.69) is 15.1 Å². The Morgan fingerprint density at radius 2 is 1.42 bits per heavy atom. The molecule has 15 heteroatoms. The highest BCUT2D eigenvalue weighted by atomic mass is 35.5. The summed E-state index contributed by atoms with van der Waals surface area (Å²) in [6.07, 6.45) is 9.87. The number of amides is 1. The zero-order chi connectivity index (χ0) is 43.7. The second kappa shape index (κ2) is 16.2. The summed E-state index contributed by atoms with van der Waals surface area (Å²) in [6.45, 7) is 5.70. The van der Waals surface area contributed by atoms with Gasteiger partial charge in [0.25, 0.3) is 5.91 Å². The molecule has 5 aliphatic rings. The second-order valence-electron chi connectivity index (χ2n) is 19.1. The van der Waals surface area contributed by atoms with E-state index < -0.39 is 22.8 Å². The van der Waals surface area contributed by atoms with E-state index in [1.165, 1.54) is 0 Å². The van der Waals surface area contributed by atoms with Crippen molar-refractivity contribution < 1.29 is 29.4 Å². The summed E-state index contributed by atoms with van der Waals surface area (Å²) in [5, 5.41) is 23.2. The van der Waals surface area contributed by atoms with Gasteiger partial charge in [0.2, 0.25) is 5.78 Å². The van der Waals surface area contributed by atoms with Crippen molar-refractivity contribution in [3.63, 3.8) is 0 Å². The lowest BCUT2D eigenvalue weighted by Crippen LogP contribution is -2.44. The molecule has 0 unspecified atom stereocenters. The van der Waals surface area contributed by atoms with Gasteiger partial charge in [-0.25, -0.2) is 9.97 Å². The standard InChI is InChI=1S/C47H55Cl2N7O6/c1-45(43(59)60)14-10-29(11-15-45)56-22-13-36-34(26-56)50-40(53(36)2)37(57)24-28-6-4-7-30(38(28)48)31-8-5-9-32(39(31)49)52-42(58)41-51-33-25-55(21-12-35(33)54(41)3)23-20-46-16-18-47(27-46,19-17-46)44(61)62/h4-9,29H,10-27H2,1-3H3,(H,52,58)(H,59,60)(H,61,62). The largest absolute Gasteiger partial charge is 0.481 e. The minimum Gasteiger partial charge on any atom is -0.481 e. The summed E-state index contributed by atoms with van der Waals surface area (Å²) in [5.41, 5.74) is 5.11. The molecule has 13 nitrogen and oxygen atoms in total. The second-order valence-corrected chi connectivity index (χ2v) is 19.9. The molecule has 3 N–H and O–H groups in total. The molecule has 0 atom stereocenters. The predicted molar refractivity (Wildman–Crippen MR) is 236 cm³/mol. The van der Waals surface area contributed by atoms with Gasteiger partial charge in [0.1, 0.15) is 0 Å². The maximum Gasteiger partial charge on any atom is 0.309 e. The molecular weight excluding hydrogens is 829 g/mol. The fourth-order valence-electron chi connectivity index (χ4n) is 11.4. The minimum atomic E-state index is -0.721. The maximum atomic E-state index is 13.9. The Morgan fingerprint density at radius 1 is 0.790 bits per heavy atom. The molecule has 3 aliphatic carbocycles. The molecule has 328 valence electrons. The van der Waals surface area contributed by atoms with Crippen LogP contribution in [0.3, 0.4) is 0 Å². The van der Waals surface area contributed by atoms with E-state index in [-0.39, 0.29) is 23.5 Å². The van der Waals surface area contributed by atoms with Crippen molar-refractivity contribution in [1.82, 2.24) is 28.9 Å². The van der Waals surface area contributed by atoms with Crippen LogP contribution < -0.4 is 5.32 Å². The van der Waals surface area contributed by atoms with Gasteiger partial charge < -0.3 is 24.7 Å². The maximum absolute atomic E-state index is 13.9. The Hall–Kier alpha value is -4.56. The van der Waals surface area contributed by atoms with Gasteiger partial charge in [-0.05, 0) is 94.7 Å². The van der Waals surface area contributed by atoms with E-state index in [0.29, 0.717) is 76.0 Å². The summed E-state index contributed by atoms with van der Waals surface area (Å²) in [4.78, 5) is 65.9. The highest BCUT2D eigenvalue weighted by Crippen LogP contribution is 2.63. The first-order valence-corrected chi connectivity index (χ1v) is 22.8. The van der Waals surface area contributed by atoms with Gasteiger partial charge in [-0.1, -0.05) is 53.5 Å². The van der Waals surface area contributed by atoms with Crippen molar-refractivity contribution in [2.45, 2.75) is 110 Å². The van der Waals surface area contributed by atoms with Crippen molar-refractivity contribution in [3.05, 3.63) is 86.4 Å². The lowest BCUT2D eigenvalue weighted by Gasteiger charge is -2.41. The Balaban J connectivity index is 0.849. The van der Waals surface area contributed by atoms with Crippen molar-refractivity contribution in [1.29, 1.82) is 0 Å². The average molecular weight is 885 g/mol. The van der Waals surface area contributed by atoms with E-state index in [9.17, 15) is 29.4 Å². The number of hydrogen-bond donors (Lipinski definition) is 3. The molecule has 2 aromatic heterocycles. The third-order valence-electron chi connectivity index (χ3n) is 15.5. The molecule has 0 spiro atoms. The first-order valence-electron chi connectivity index (χ1n) is 22.0. The number of benzene rings is 2. The molecular formula is C47H55Cl2N7O6. The smallest absolute Gasteiger partial charge is 0.309 e. The average Bonchev–Trinajstić information content (AvgIpc) is 4.02. The van der Waals surface area contributed by atoms with Crippen LogP contribution in [0.2, 0.25) is 10.0 Å². The highest BCUT2D eigenvalue weighted by Gasteiger charge is 2.57. The first kappa shape index (κ1) is 42.7. The fraction of sp³-hybridized carbons (Fsp3) is 0.532. The molecule has 62 heavy (non-hydrogen) atoms. The summed E-state index contributed by atoms with van der Waals surface area (Å²) >= 11 is 14.1. The van der Waals surface area contributed by atoms with Crippen LogP contribution in [0.25, 0.3) is 11.1 Å². The molecule has 1 amide bonds. The third-order valence-corrected chi connectivity index (χ3v) is 16.4. The number of rotatable bonds is 12. The monoisotopic (exact) mass is 883 g/mol. The highest BCUT2D eigenvalue weighted by molar-refractivity contribution is 6.39. The fourth-order valence-corrected chi connectivity index (χ4v) is 12.0. The summed E-state index contributed by atoms with van der Waals surface area (Å²) in [6, 6.07) is 11.2. The number of Topliss-reactive ketones (excluding diaryl/α,β-unsaturated/α-hetero) is 1. The summed E-state index contributed by atoms with van der Waals surface area (Å²) in [7, 11) is 3.76. The van der Waals surface area contributed by atoms with Crippen molar-refractivity contribution in [2.75, 3.05) is 25.0 Å². The Labute approximate surface area is 371 Å². The summed E-state index contributed by atoms with van der Waals surface area (Å²) < 4.78 is 3.78. The molecule has 2 bridgehead atoms. The normalized spacial score (nSPS) is 26.0. The van der Waals surface area contributed by atoms with Crippen LogP contribution in [0.5, 0.6) is 0 Å². The van der Waals surface area contributed by atoms with Gasteiger partial charge in [0.05, 0.1) is 38.0 Å². The van der Waals surface area contributed by atoms with Crippen LogP contribution in [0, 0.1) is 16.2 Å². The third kappa shape index (κ3) is 7.56. The van der Waals surface area contributed by atoms with Gasteiger partial charge in [-0.2, -0.15) is 0 Å². The molecule has 4 aromatic rings. The van der Waals surface area contributed by atoms with Crippen molar-refractivity contribution >= 4 is 52.5 Å². The first-order chi connectivity index (χ1) is 29.6.